The zero-order chi connectivity index (χ0) is 14.9. The minimum Gasteiger partial charge on any atom is -0.481 e. The summed E-state index contributed by atoms with van der Waals surface area (Å²) in [6.07, 6.45) is -4.00. The molecule has 2 unspecified atom stereocenters. The Labute approximate surface area is 115 Å². The molecule has 1 aliphatic heterocycles. The van der Waals surface area contributed by atoms with Crippen molar-refractivity contribution in [3.63, 3.8) is 0 Å². The van der Waals surface area contributed by atoms with Gasteiger partial charge in [-0.15, -0.1) is 0 Å². The highest BCUT2D eigenvalue weighted by atomic mass is 19.4. The van der Waals surface area contributed by atoms with Gasteiger partial charge < -0.3 is 10.0 Å². The lowest BCUT2D eigenvalue weighted by molar-refractivity contribution is -0.144. The third kappa shape index (κ3) is 3.30. The van der Waals surface area contributed by atoms with E-state index in [-0.39, 0.29) is 5.92 Å². The maximum atomic E-state index is 12.7. The summed E-state index contributed by atoms with van der Waals surface area (Å²) in [5.74, 6) is -1.61. The summed E-state index contributed by atoms with van der Waals surface area (Å²) in [6, 6.07) is 5.17. The van der Waals surface area contributed by atoms with Gasteiger partial charge in [0.2, 0.25) is 0 Å². The molecule has 1 saturated heterocycles. The fourth-order valence-corrected chi connectivity index (χ4v) is 2.71. The molecule has 0 aliphatic carbocycles. The highest BCUT2D eigenvalue weighted by Gasteiger charge is 2.33. The smallest absolute Gasteiger partial charge is 0.416 e. The fourth-order valence-electron chi connectivity index (χ4n) is 2.71. The highest BCUT2D eigenvalue weighted by Crippen LogP contribution is 2.34. The summed E-state index contributed by atoms with van der Waals surface area (Å²) in [7, 11) is 1.79. The van der Waals surface area contributed by atoms with Gasteiger partial charge >= 0.3 is 12.1 Å². The van der Waals surface area contributed by atoms with Gasteiger partial charge in [0.15, 0.2) is 0 Å². The number of hydrogen-bond donors (Lipinski definition) is 1. The van der Waals surface area contributed by atoms with Gasteiger partial charge in [0.05, 0.1) is 11.5 Å². The van der Waals surface area contributed by atoms with Crippen LogP contribution >= 0.6 is 0 Å². The molecule has 0 spiro atoms. The average Bonchev–Trinajstić information content (AvgIpc) is 2.37. The van der Waals surface area contributed by atoms with Crippen LogP contribution in [0.4, 0.5) is 13.2 Å². The SMILES string of the molecule is CN1CC(C(=O)O)CC(c2cccc(C(F)(F)F)c2)C1. The van der Waals surface area contributed by atoms with Crippen molar-refractivity contribution in [2.75, 3.05) is 20.1 Å². The van der Waals surface area contributed by atoms with Crippen LogP contribution in [0.15, 0.2) is 24.3 Å². The maximum Gasteiger partial charge on any atom is 0.416 e. The van der Waals surface area contributed by atoms with Crippen LogP contribution in [-0.2, 0) is 11.0 Å². The lowest BCUT2D eigenvalue weighted by atomic mass is 9.84. The highest BCUT2D eigenvalue weighted by molar-refractivity contribution is 5.70. The molecule has 0 radical (unpaired) electrons. The second-order valence-corrected chi connectivity index (χ2v) is 5.31. The number of carboxylic acids is 1. The topological polar surface area (TPSA) is 40.5 Å². The van der Waals surface area contributed by atoms with Crippen molar-refractivity contribution in [3.8, 4) is 0 Å². The molecule has 3 nitrogen and oxygen atoms in total. The van der Waals surface area contributed by atoms with Crippen LogP contribution in [0, 0.1) is 5.92 Å². The number of piperidine rings is 1. The number of nitrogens with zero attached hydrogens (tertiary/aromatic N) is 1. The molecule has 0 aromatic heterocycles. The Morgan fingerprint density at radius 2 is 2.05 bits per heavy atom. The molecule has 1 fully saturated rings. The standard InChI is InChI=1S/C14H16F3NO2/c1-18-7-10(5-11(8-18)13(19)20)9-3-2-4-12(6-9)14(15,16)17/h2-4,6,10-11H,5,7-8H2,1H3,(H,19,20). The lowest BCUT2D eigenvalue weighted by Gasteiger charge is -2.34. The Morgan fingerprint density at radius 1 is 1.35 bits per heavy atom. The summed E-state index contributed by atoms with van der Waals surface area (Å²) in [6.45, 7) is 1.01. The third-order valence-electron chi connectivity index (χ3n) is 3.67. The quantitative estimate of drug-likeness (QED) is 0.909. The molecule has 1 aromatic carbocycles. The van der Waals surface area contributed by atoms with Crippen LogP contribution in [-0.4, -0.2) is 36.1 Å². The second kappa shape index (κ2) is 5.44. The molecule has 0 amide bonds. The predicted molar refractivity (Wildman–Crippen MR) is 67.4 cm³/mol. The molecular formula is C14H16F3NO2. The summed E-state index contributed by atoms with van der Waals surface area (Å²) in [4.78, 5) is 13.0. The minimum absolute atomic E-state index is 0.183. The number of likely N-dealkylation sites (tertiary alicyclic amines) is 1. The minimum atomic E-state index is -4.37. The van der Waals surface area contributed by atoms with Gasteiger partial charge in [-0.05, 0) is 31.0 Å². The van der Waals surface area contributed by atoms with E-state index in [1.165, 1.54) is 6.07 Å². The van der Waals surface area contributed by atoms with E-state index >= 15 is 0 Å². The van der Waals surface area contributed by atoms with Crippen molar-refractivity contribution in [2.45, 2.75) is 18.5 Å². The predicted octanol–water partition coefficient (Wildman–Crippen LogP) is 2.83. The van der Waals surface area contributed by atoms with Gasteiger partial charge in [-0.3, -0.25) is 4.79 Å². The van der Waals surface area contributed by atoms with Gasteiger partial charge in [0.1, 0.15) is 0 Å². The first-order valence-electron chi connectivity index (χ1n) is 6.36. The summed E-state index contributed by atoms with van der Waals surface area (Å²) in [5, 5.41) is 9.10. The first-order chi connectivity index (χ1) is 9.27. The van der Waals surface area contributed by atoms with E-state index in [2.05, 4.69) is 0 Å². The van der Waals surface area contributed by atoms with Gasteiger partial charge in [-0.2, -0.15) is 13.2 Å². The Kier molecular flexibility index (Phi) is 4.04. The van der Waals surface area contributed by atoms with E-state index in [9.17, 15) is 18.0 Å². The molecular weight excluding hydrogens is 271 g/mol. The average molecular weight is 287 g/mol. The van der Waals surface area contributed by atoms with Crippen molar-refractivity contribution in [1.82, 2.24) is 4.90 Å². The van der Waals surface area contributed by atoms with E-state index < -0.39 is 23.6 Å². The zero-order valence-corrected chi connectivity index (χ0v) is 11.0. The van der Waals surface area contributed by atoms with Crippen LogP contribution in [0.2, 0.25) is 0 Å². The van der Waals surface area contributed by atoms with Gasteiger partial charge in [0, 0.05) is 13.1 Å². The molecule has 2 atom stereocenters. The molecule has 1 heterocycles. The number of carboxylic acid groups (broad SMARTS) is 1. The summed E-state index contributed by atoms with van der Waals surface area (Å²) < 4.78 is 38.1. The number of aliphatic carboxylic acids is 1. The molecule has 1 aromatic rings. The molecule has 110 valence electrons. The van der Waals surface area contributed by atoms with Crippen LogP contribution in [0.1, 0.15) is 23.5 Å². The first kappa shape index (κ1) is 14.8. The number of likely N-dealkylation sites (N-methyl/N-ethyl adjacent to an activating group) is 1. The van der Waals surface area contributed by atoms with E-state index in [1.807, 2.05) is 4.90 Å². The maximum absolute atomic E-state index is 12.7. The number of halogens is 3. The molecule has 1 aliphatic rings. The van der Waals surface area contributed by atoms with Crippen molar-refractivity contribution < 1.29 is 23.1 Å². The summed E-state index contributed by atoms with van der Waals surface area (Å²) in [5.41, 5.74) is -0.132. The van der Waals surface area contributed by atoms with Crippen molar-refractivity contribution in [1.29, 1.82) is 0 Å². The van der Waals surface area contributed by atoms with Gasteiger partial charge in [-0.25, -0.2) is 0 Å². The number of rotatable bonds is 2. The second-order valence-electron chi connectivity index (χ2n) is 5.31. The lowest BCUT2D eigenvalue weighted by Crippen LogP contribution is -2.40. The number of hydrogen-bond acceptors (Lipinski definition) is 2. The van der Waals surface area contributed by atoms with E-state index in [4.69, 9.17) is 5.11 Å². The molecule has 20 heavy (non-hydrogen) atoms. The fraction of sp³-hybridized carbons (Fsp3) is 0.500. The molecule has 0 bridgehead atoms. The number of benzene rings is 1. The van der Waals surface area contributed by atoms with Crippen LogP contribution < -0.4 is 0 Å². The molecule has 0 saturated carbocycles. The zero-order valence-electron chi connectivity index (χ0n) is 11.0. The Balaban J connectivity index is 2.24. The Bertz CT molecular complexity index is 501. The third-order valence-corrected chi connectivity index (χ3v) is 3.67. The van der Waals surface area contributed by atoms with Crippen LogP contribution in [0.3, 0.4) is 0 Å². The largest absolute Gasteiger partial charge is 0.481 e. The number of alkyl halides is 3. The van der Waals surface area contributed by atoms with E-state index in [1.54, 1.807) is 13.1 Å². The van der Waals surface area contributed by atoms with Crippen molar-refractivity contribution in [3.05, 3.63) is 35.4 Å². The Morgan fingerprint density at radius 3 is 2.65 bits per heavy atom. The molecule has 2 rings (SSSR count). The van der Waals surface area contributed by atoms with Crippen molar-refractivity contribution >= 4 is 5.97 Å². The van der Waals surface area contributed by atoms with Gasteiger partial charge in [-0.1, -0.05) is 18.2 Å². The van der Waals surface area contributed by atoms with Crippen LogP contribution in [0.5, 0.6) is 0 Å². The molecule has 1 N–H and O–H groups in total. The van der Waals surface area contributed by atoms with Crippen LogP contribution in [0.25, 0.3) is 0 Å². The number of carbonyl (C=O) groups is 1. The van der Waals surface area contributed by atoms with Gasteiger partial charge in [0.25, 0.3) is 0 Å². The summed E-state index contributed by atoms with van der Waals surface area (Å²) >= 11 is 0. The normalized spacial score (nSPS) is 24.6. The molecule has 6 heteroatoms. The Hall–Kier alpha value is -1.56. The van der Waals surface area contributed by atoms with Crippen molar-refractivity contribution in [2.24, 2.45) is 5.92 Å². The first-order valence-corrected chi connectivity index (χ1v) is 6.36. The van der Waals surface area contributed by atoms with E-state index in [0.717, 1.165) is 12.1 Å². The monoisotopic (exact) mass is 287 g/mol. The van der Waals surface area contributed by atoms with E-state index in [0.29, 0.717) is 25.1 Å².